The van der Waals surface area contributed by atoms with Gasteiger partial charge in [-0.3, -0.25) is 0 Å². The van der Waals surface area contributed by atoms with Crippen LogP contribution in [0.1, 0.15) is 0 Å². The lowest BCUT2D eigenvalue weighted by molar-refractivity contribution is 0.395. The molecule has 1 heterocycles. The fraction of sp³-hybridized carbons (Fsp3) is 0.133. The first-order valence-electron chi connectivity index (χ1n) is 6.15. The van der Waals surface area contributed by atoms with Gasteiger partial charge in [-0.05, 0) is 24.3 Å². The molecule has 0 amide bonds. The van der Waals surface area contributed by atoms with E-state index in [2.05, 4.69) is 16.4 Å². The van der Waals surface area contributed by atoms with Crippen molar-refractivity contribution in [2.45, 2.75) is 0 Å². The normalized spacial score (nSPS) is 10.5. The van der Waals surface area contributed by atoms with Crippen molar-refractivity contribution in [2.75, 3.05) is 19.5 Å². The lowest BCUT2D eigenvalue weighted by Crippen LogP contribution is -1.95. The first-order valence-corrected chi connectivity index (χ1v) is 6.96. The second-order valence-corrected chi connectivity index (χ2v) is 5.21. The van der Waals surface area contributed by atoms with Crippen molar-refractivity contribution in [3.05, 3.63) is 42.5 Å². The van der Waals surface area contributed by atoms with Gasteiger partial charge in [0, 0.05) is 6.07 Å². The average Bonchev–Trinajstić information content (AvgIpc) is 2.90. The van der Waals surface area contributed by atoms with Crippen LogP contribution in [-0.4, -0.2) is 19.2 Å². The second kappa shape index (κ2) is 5.38. The lowest BCUT2D eigenvalue weighted by Gasteiger charge is -2.10. The third-order valence-electron chi connectivity index (χ3n) is 2.94. The summed E-state index contributed by atoms with van der Waals surface area (Å²) in [7, 11) is 3.27. The van der Waals surface area contributed by atoms with Crippen LogP contribution in [-0.2, 0) is 0 Å². The molecule has 3 aromatic rings. The van der Waals surface area contributed by atoms with Gasteiger partial charge in [0.15, 0.2) is 5.13 Å². The van der Waals surface area contributed by atoms with E-state index < -0.39 is 0 Å². The maximum absolute atomic E-state index is 5.37. The molecule has 2 aromatic carbocycles. The van der Waals surface area contributed by atoms with Crippen LogP contribution < -0.4 is 14.8 Å². The van der Waals surface area contributed by atoms with Crippen molar-refractivity contribution in [3.63, 3.8) is 0 Å². The number of ether oxygens (including phenoxy) is 2. The number of rotatable bonds is 4. The summed E-state index contributed by atoms with van der Waals surface area (Å²) in [5.74, 6) is 1.49. The van der Waals surface area contributed by atoms with Crippen molar-refractivity contribution >= 4 is 32.4 Å². The summed E-state index contributed by atoms with van der Waals surface area (Å²) < 4.78 is 11.7. The summed E-state index contributed by atoms with van der Waals surface area (Å²) in [5.41, 5.74) is 1.86. The average molecular weight is 286 g/mol. The molecule has 0 unspecified atom stereocenters. The molecular formula is C15H14N2O2S. The van der Waals surface area contributed by atoms with Gasteiger partial charge in [0.25, 0.3) is 0 Å². The van der Waals surface area contributed by atoms with E-state index in [0.717, 1.165) is 32.5 Å². The second-order valence-electron chi connectivity index (χ2n) is 4.18. The third kappa shape index (κ3) is 2.40. The van der Waals surface area contributed by atoms with Gasteiger partial charge in [-0.25, -0.2) is 4.98 Å². The summed E-state index contributed by atoms with van der Waals surface area (Å²) in [5, 5.41) is 4.13. The van der Waals surface area contributed by atoms with E-state index in [-0.39, 0.29) is 0 Å². The van der Waals surface area contributed by atoms with E-state index in [0.29, 0.717) is 0 Å². The molecule has 3 rings (SSSR count). The zero-order valence-electron chi connectivity index (χ0n) is 11.2. The van der Waals surface area contributed by atoms with Gasteiger partial charge in [0.2, 0.25) is 0 Å². The van der Waals surface area contributed by atoms with Gasteiger partial charge < -0.3 is 14.8 Å². The van der Waals surface area contributed by atoms with E-state index in [1.807, 2.05) is 36.4 Å². The predicted octanol–water partition coefficient (Wildman–Crippen LogP) is 4.06. The number of thiazole rings is 1. The monoisotopic (exact) mass is 286 g/mol. The smallest absolute Gasteiger partial charge is 0.188 e. The van der Waals surface area contributed by atoms with Crippen LogP contribution in [0.4, 0.5) is 10.8 Å². The van der Waals surface area contributed by atoms with Gasteiger partial charge in [-0.15, -0.1) is 0 Å². The van der Waals surface area contributed by atoms with Gasteiger partial charge in [-0.2, -0.15) is 0 Å². The summed E-state index contributed by atoms with van der Waals surface area (Å²) in [4.78, 5) is 4.55. The SMILES string of the molecule is COc1ccc(Nc2nc3ccccc3s2)c(OC)c1. The third-order valence-corrected chi connectivity index (χ3v) is 3.90. The quantitative estimate of drug-likeness (QED) is 0.785. The molecule has 0 saturated carbocycles. The molecule has 1 N–H and O–H groups in total. The van der Waals surface area contributed by atoms with Gasteiger partial charge >= 0.3 is 0 Å². The highest BCUT2D eigenvalue weighted by Crippen LogP contribution is 2.34. The van der Waals surface area contributed by atoms with E-state index in [4.69, 9.17) is 9.47 Å². The minimum Gasteiger partial charge on any atom is -0.497 e. The minimum atomic E-state index is 0.726. The first kappa shape index (κ1) is 12.7. The van der Waals surface area contributed by atoms with Crippen molar-refractivity contribution in [3.8, 4) is 11.5 Å². The van der Waals surface area contributed by atoms with Crippen LogP contribution >= 0.6 is 11.3 Å². The van der Waals surface area contributed by atoms with E-state index >= 15 is 0 Å². The molecule has 0 aliphatic carbocycles. The number of aromatic nitrogens is 1. The molecule has 5 heteroatoms. The number of nitrogens with one attached hydrogen (secondary N) is 1. The zero-order chi connectivity index (χ0) is 13.9. The molecule has 0 radical (unpaired) electrons. The maximum Gasteiger partial charge on any atom is 0.188 e. The minimum absolute atomic E-state index is 0.726. The fourth-order valence-corrected chi connectivity index (χ4v) is 2.82. The highest BCUT2D eigenvalue weighted by Gasteiger charge is 2.08. The molecule has 0 saturated heterocycles. The summed E-state index contributed by atoms with van der Waals surface area (Å²) in [6.07, 6.45) is 0. The number of benzene rings is 2. The standard InChI is InChI=1S/C15H14N2O2S/c1-18-10-7-8-11(13(9-10)19-2)16-15-17-12-5-3-4-6-14(12)20-15/h3-9H,1-2H3,(H,16,17). The fourth-order valence-electron chi connectivity index (χ4n) is 1.94. The van der Waals surface area contributed by atoms with Crippen LogP contribution in [0.25, 0.3) is 10.2 Å². The van der Waals surface area contributed by atoms with Crippen LogP contribution in [0.5, 0.6) is 11.5 Å². The summed E-state index contributed by atoms with van der Waals surface area (Å²) in [6, 6.07) is 13.7. The van der Waals surface area contributed by atoms with Crippen molar-refractivity contribution < 1.29 is 9.47 Å². The van der Waals surface area contributed by atoms with Crippen LogP contribution in [0.3, 0.4) is 0 Å². The zero-order valence-corrected chi connectivity index (χ0v) is 12.0. The highest BCUT2D eigenvalue weighted by atomic mass is 32.1. The largest absolute Gasteiger partial charge is 0.497 e. The number of fused-ring (bicyclic) bond motifs is 1. The first-order chi connectivity index (χ1) is 9.80. The van der Waals surface area contributed by atoms with E-state index in [1.165, 1.54) is 0 Å². The number of anilines is 2. The summed E-state index contributed by atoms with van der Waals surface area (Å²) in [6.45, 7) is 0. The Hall–Kier alpha value is -2.27. The number of hydrogen-bond donors (Lipinski definition) is 1. The topological polar surface area (TPSA) is 43.4 Å². The Bertz CT molecular complexity index is 707. The van der Waals surface area contributed by atoms with Crippen molar-refractivity contribution in [2.24, 2.45) is 0 Å². The van der Waals surface area contributed by atoms with E-state index in [9.17, 15) is 0 Å². The molecule has 0 bridgehead atoms. The van der Waals surface area contributed by atoms with Gasteiger partial charge in [0.05, 0.1) is 30.1 Å². The number of para-hydroxylation sites is 1. The Labute approximate surface area is 121 Å². The molecule has 0 fully saturated rings. The number of nitrogens with zero attached hydrogens (tertiary/aromatic N) is 1. The van der Waals surface area contributed by atoms with Gasteiger partial charge in [-0.1, -0.05) is 23.5 Å². The summed E-state index contributed by atoms with van der Waals surface area (Å²) >= 11 is 1.61. The van der Waals surface area contributed by atoms with Crippen LogP contribution in [0.2, 0.25) is 0 Å². The Morgan fingerprint density at radius 1 is 1.05 bits per heavy atom. The Kier molecular flexibility index (Phi) is 3.43. The highest BCUT2D eigenvalue weighted by molar-refractivity contribution is 7.22. The maximum atomic E-state index is 5.37. The number of methoxy groups -OCH3 is 2. The lowest BCUT2D eigenvalue weighted by atomic mass is 10.3. The van der Waals surface area contributed by atoms with E-state index in [1.54, 1.807) is 25.6 Å². The number of hydrogen-bond acceptors (Lipinski definition) is 5. The molecular weight excluding hydrogens is 272 g/mol. The van der Waals surface area contributed by atoms with Crippen molar-refractivity contribution in [1.29, 1.82) is 0 Å². The molecule has 0 aliphatic rings. The van der Waals surface area contributed by atoms with Gasteiger partial charge in [0.1, 0.15) is 11.5 Å². The Morgan fingerprint density at radius 2 is 1.90 bits per heavy atom. The molecule has 0 aliphatic heterocycles. The molecule has 4 nitrogen and oxygen atoms in total. The predicted molar refractivity (Wildman–Crippen MR) is 82.4 cm³/mol. The Morgan fingerprint density at radius 3 is 2.65 bits per heavy atom. The van der Waals surface area contributed by atoms with Crippen LogP contribution in [0, 0.1) is 0 Å². The van der Waals surface area contributed by atoms with Crippen molar-refractivity contribution in [1.82, 2.24) is 4.98 Å². The molecule has 102 valence electrons. The molecule has 0 spiro atoms. The Balaban J connectivity index is 1.93. The molecule has 20 heavy (non-hydrogen) atoms. The van der Waals surface area contributed by atoms with Crippen LogP contribution in [0.15, 0.2) is 42.5 Å². The molecule has 1 aromatic heterocycles. The molecule has 0 atom stereocenters.